The fourth-order valence-corrected chi connectivity index (χ4v) is 4.93. The lowest BCUT2D eigenvalue weighted by atomic mass is 9.98. The number of likely N-dealkylation sites (tertiary alicyclic amines) is 1. The van der Waals surface area contributed by atoms with Gasteiger partial charge in [-0.15, -0.1) is 11.3 Å². The molecule has 1 aromatic heterocycles. The Labute approximate surface area is 185 Å². The maximum atomic E-state index is 12.5. The Kier molecular flexibility index (Phi) is 5.69. The Bertz CT molecular complexity index is 1060. The molecule has 2 N–H and O–H groups in total. The lowest BCUT2D eigenvalue weighted by Crippen LogP contribution is -2.40. The van der Waals surface area contributed by atoms with Gasteiger partial charge in [-0.25, -0.2) is 9.78 Å². The van der Waals surface area contributed by atoms with E-state index in [1.807, 2.05) is 53.4 Å². The van der Waals surface area contributed by atoms with E-state index < -0.39 is 0 Å². The number of aromatic nitrogens is 1. The maximum absolute atomic E-state index is 12.5. The standard InChI is InChI=1S/C24H24N4O2S/c29-24(25-19-9-5-2-6-10-19)28-13-11-18(12-14-28)23-26-21(16-31-23)20-15-22(30-27-20)17-7-3-1-4-8-17/h1-10,15-16,18,22,27H,11-14H2,(H,25,29). The van der Waals surface area contributed by atoms with Gasteiger partial charge in [-0.2, -0.15) is 0 Å². The first-order valence-electron chi connectivity index (χ1n) is 10.5. The van der Waals surface area contributed by atoms with Crippen LogP contribution in [-0.4, -0.2) is 29.0 Å². The molecule has 2 amide bonds. The molecule has 0 saturated carbocycles. The highest BCUT2D eigenvalue weighted by Gasteiger charge is 2.27. The molecule has 6 nitrogen and oxygen atoms in total. The van der Waals surface area contributed by atoms with Crippen molar-refractivity contribution >= 4 is 28.8 Å². The van der Waals surface area contributed by atoms with Crippen LogP contribution in [0.25, 0.3) is 5.70 Å². The van der Waals surface area contributed by atoms with Gasteiger partial charge >= 0.3 is 6.03 Å². The Morgan fingerprint density at radius 2 is 1.77 bits per heavy atom. The van der Waals surface area contributed by atoms with Crippen molar-refractivity contribution in [3.05, 3.63) is 88.4 Å². The lowest BCUT2D eigenvalue weighted by molar-refractivity contribution is 0.0510. The number of hydrogen-bond acceptors (Lipinski definition) is 5. The number of nitrogens with one attached hydrogen (secondary N) is 2. The number of amides is 2. The summed E-state index contributed by atoms with van der Waals surface area (Å²) in [5.74, 6) is 0.382. The number of benzene rings is 2. The Hall–Kier alpha value is -3.16. The lowest BCUT2D eigenvalue weighted by Gasteiger charge is -2.31. The Morgan fingerprint density at radius 1 is 1.06 bits per heavy atom. The molecule has 31 heavy (non-hydrogen) atoms. The van der Waals surface area contributed by atoms with E-state index in [-0.39, 0.29) is 12.1 Å². The first-order valence-corrected chi connectivity index (χ1v) is 11.4. The number of para-hydroxylation sites is 1. The predicted octanol–water partition coefficient (Wildman–Crippen LogP) is 5.17. The monoisotopic (exact) mass is 432 g/mol. The summed E-state index contributed by atoms with van der Waals surface area (Å²) < 4.78 is 0. The van der Waals surface area contributed by atoms with Crippen molar-refractivity contribution in [2.45, 2.75) is 24.9 Å². The van der Waals surface area contributed by atoms with Gasteiger partial charge in [0.05, 0.1) is 16.4 Å². The van der Waals surface area contributed by atoms with Gasteiger partial charge in [-0.1, -0.05) is 48.5 Å². The molecule has 3 heterocycles. The number of carbonyl (C=O) groups excluding carboxylic acids is 1. The largest absolute Gasteiger partial charge is 0.324 e. The smallest absolute Gasteiger partial charge is 0.321 e. The van der Waals surface area contributed by atoms with Gasteiger partial charge in [0.2, 0.25) is 0 Å². The van der Waals surface area contributed by atoms with Gasteiger partial charge < -0.3 is 10.2 Å². The molecule has 2 aliphatic rings. The number of hydrogen-bond donors (Lipinski definition) is 2. The molecule has 0 spiro atoms. The van der Waals surface area contributed by atoms with E-state index in [4.69, 9.17) is 9.82 Å². The van der Waals surface area contributed by atoms with Crippen LogP contribution >= 0.6 is 11.3 Å². The van der Waals surface area contributed by atoms with Crippen LogP contribution in [-0.2, 0) is 4.84 Å². The first-order chi connectivity index (χ1) is 15.3. The van der Waals surface area contributed by atoms with Crippen LogP contribution < -0.4 is 10.8 Å². The van der Waals surface area contributed by atoms with Gasteiger partial charge in [0.15, 0.2) is 0 Å². The van der Waals surface area contributed by atoms with Gasteiger partial charge in [-0.05, 0) is 36.6 Å². The van der Waals surface area contributed by atoms with Crippen LogP contribution in [0, 0.1) is 0 Å². The molecule has 3 aromatic rings. The van der Waals surface area contributed by atoms with Crippen molar-refractivity contribution in [1.29, 1.82) is 0 Å². The summed E-state index contributed by atoms with van der Waals surface area (Å²) in [5.41, 5.74) is 6.80. The van der Waals surface area contributed by atoms with Crippen molar-refractivity contribution < 1.29 is 9.63 Å². The molecular weight excluding hydrogens is 408 g/mol. The topological polar surface area (TPSA) is 66.5 Å². The molecule has 1 atom stereocenters. The molecule has 0 radical (unpaired) electrons. The number of urea groups is 1. The number of rotatable bonds is 4. The quantitative estimate of drug-likeness (QED) is 0.597. The van der Waals surface area contributed by atoms with Gasteiger partial charge in [0, 0.05) is 30.1 Å². The van der Waals surface area contributed by atoms with E-state index in [1.165, 1.54) is 0 Å². The zero-order valence-corrected chi connectivity index (χ0v) is 17.8. The van der Waals surface area contributed by atoms with Crippen molar-refractivity contribution in [2.75, 3.05) is 18.4 Å². The van der Waals surface area contributed by atoms with Crippen LogP contribution in [0.5, 0.6) is 0 Å². The highest BCUT2D eigenvalue weighted by Crippen LogP contribution is 2.34. The number of piperidine rings is 1. The molecule has 5 rings (SSSR count). The SMILES string of the molecule is O=C(Nc1ccccc1)N1CCC(c2nc(C3=CC(c4ccccc4)ON3)cs2)CC1. The van der Waals surface area contributed by atoms with Gasteiger partial charge in [-0.3, -0.25) is 10.3 Å². The molecule has 7 heteroatoms. The number of carbonyl (C=O) groups is 1. The second-order valence-electron chi connectivity index (χ2n) is 7.76. The van der Waals surface area contributed by atoms with Gasteiger partial charge in [0.1, 0.15) is 6.10 Å². The number of hydroxylamine groups is 1. The minimum Gasteiger partial charge on any atom is -0.324 e. The van der Waals surface area contributed by atoms with Crippen LogP contribution in [0.4, 0.5) is 10.5 Å². The number of thiazole rings is 1. The van der Waals surface area contributed by atoms with Crippen molar-refractivity contribution in [2.24, 2.45) is 0 Å². The fraction of sp³-hybridized carbons (Fsp3) is 0.250. The third kappa shape index (κ3) is 4.47. The van der Waals surface area contributed by atoms with Crippen LogP contribution in [0.15, 0.2) is 72.1 Å². The molecule has 2 aromatic carbocycles. The number of nitrogens with zero attached hydrogens (tertiary/aromatic N) is 2. The predicted molar refractivity (Wildman–Crippen MR) is 123 cm³/mol. The third-order valence-electron chi connectivity index (χ3n) is 5.70. The van der Waals surface area contributed by atoms with E-state index in [0.29, 0.717) is 5.92 Å². The molecule has 158 valence electrons. The summed E-state index contributed by atoms with van der Waals surface area (Å²) in [5, 5.41) is 6.18. The molecule has 0 aliphatic carbocycles. The Morgan fingerprint density at radius 3 is 2.52 bits per heavy atom. The Balaban J connectivity index is 1.18. The van der Waals surface area contributed by atoms with Crippen molar-refractivity contribution in [3.8, 4) is 0 Å². The van der Waals surface area contributed by atoms with Crippen LogP contribution in [0.2, 0.25) is 0 Å². The molecule has 0 bridgehead atoms. The molecule has 1 unspecified atom stereocenters. The molecular formula is C24H24N4O2S. The normalized spacial score (nSPS) is 19.0. The zero-order chi connectivity index (χ0) is 21.0. The van der Waals surface area contributed by atoms with Crippen molar-refractivity contribution in [3.63, 3.8) is 0 Å². The second kappa shape index (κ2) is 8.91. The average Bonchev–Trinajstić information content (AvgIpc) is 3.51. The zero-order valence-electron chi connectivity index (χ0n) is 17.0. The summed E-state index contributed by atoms with van der Waals surface area (Å²) in [6.45, 7) is 1.47. The van der Waals surface area contributed by atoms with E-state index >= 15 is 0 Å². The van der Waals surface area contributed by atoms with Crippen LogP contribution in [0.1, 0.15) is 41.1 Å². The average molecular weight is 433 g/mol. The number of anilines is 1. The minimum atomic E-state index is -0.104. The summed E-state index contributed by atoms with van der Waals surface area (Å²) in [7, 11) is 0. The van der Waals surface area contributed by atoms with E-state index in [2.05, 4.69) is 34.4 Å². The van der Waals surface area contributed by atoms with Crippen LogP contribution in [0.3, 0.4) is 0 Å². The van der Waals surface area contributed by atoms with E-state index in [0.717, 1.165) is 53.6 Å². The minimum absolute atomic E-state index is 0.0334. The summed E-state index contributed by atoms with van der Waals surface area (Å²) in [4.78, 5) is 25.0. The van der Waals surface area contributed by atoms with E-state index in [1.54, 1.807) is 11.3 Å². The summed E-state index contributed by atoms with van der Waals surface area (Å²) >= 11 is 1.69. The molecule has 1 saturated heterocycles. The highest BCUT2D eigenvalue weighted by atomic mass is 32.1. The molecule has 2 aliphatic heterocycles. The highest BCUT2D eigenvalue weighted by molar-refractivity contribution is 7.09. The maximum Gasteiger partial charge on any atom is 0.321 e. The fourth-order valence-electron chi connectivity index (χ4n) is 3.94. The summed E-state index contributed by atoms with van der Waals surface area (Å²) in [6.07, 6.45) is 3.81. The van der Waals surface area contributed by atoms with Crippen molar-refractivity contribution in [1.82, 2.24) is 15.4 Å². The van der Waals surface area contributed by atoms with E-state index in [9.17, 15) is 4.79 Å². The molecule has 1 fully saturated rings. The third-order valence-corrected chi connectivity index (χ3v) is 6.70. The summed E-state index contributed by atoms with van der Waals surface area (Å²) in [6, 6.07) is 19.7. The van der Waals surface area contributed by atoms with Gasteiger partial charge in [0.25, 0.3) is 0 Å². The second-order valence-corrected chi connectivity index (χ2v) is 8.65. The first kappa shape index (κ1) is 19.8.